The number of hydrogen-bond acceptors (Lipinski definition) is 3. The van der Waals surface area contributed by atoms with Crippen molar-refractivity contribution in [2.75, 3.05) is 39.3 Å². The van der Waals surface area contributed by atoms with Crippen molar-refractivity contribution in [3.63, 3.8) is 0 Å². The predicted molar refractivity (Wildman–Crippen MR) is 107 cm³/mol. The molecule has 0 spiro atoms. The van der Waals surface area contributed by atoms with Crippen LogP contribution in [-0.4, -0.2) is 60.1 Å². The van der Waals surface area contributed by atoms with E-state index in [0.717, 1.165) is 45.4 Å². The van der Waals surface area contributed by atoms with Gasteiger partial charge < -0.3 is 15.1 Å². The zero-order chi connectivity index (χ0) is 18.5. The first-order valence-corrected chi connectivity index (χ1v) is 10.4. The van der Waals surface area contributed by atoms with Crippen LogP contribution < -0.4 is 5.32 Å². The Morgan fingerprint density at radius 1 is 1.12 bits per heavy atom. The maximum atomic E-state index is 12.6. The molecule has 1 aromatic heterocycles. The highest BCUT2D eigenvalue weighted by atomic mass is 16.2. The second-order valence-corrected chi connectivity index (χ2v) is 7.29. The van der Waals surface area contributed by atoms with E-state index in [1.54, 1.807) is 0 Å². The van der Waals surface area contributed by atoms with E-state index in [2.05, 4.69) is 22.1 Å². The van der Waals surface area contributed by atoms with E-state index in [0.29, 0.717) is 0 Å². The summed E-state index contributed by atoms with van der Waals surface area (Å²) in [6, 6.07) is 4.18. The minimum absolute atomic E-state index is 0.104. The van der Waals surface area contributed by atoms with E-state index in [9.17, 15) is 4.79 Å². The van der Waals surface area contributed by atoms with Crippen molar-refractivity contribution < 1.29 is 4.79 Å². The minimum Gasteiger partial charge on any atom is -0.338 e. The number of piperidine rings is 1. The van der Waals surface area contributed by atoms with Gasteiger partial charge in [0.2, 0.25) is 0 Å². The van der Waals surface area contributed by atoms with Crippen LogP contribution in [-0.2, 0) is 6.42 Å². The maximum Gasteiger partial charge on any atom is 0.317 e. The largest absolute Gasteiger partial charge is 0.338 e. The first kappa shape index (κ1) is 20.7. The number of pyridine rings is 1. The molecule has 2 amide bonds. The standard InChI is InChI=1S/C21H36N4O/c1-2-3-5-17-25(19-18-24-15-6-4-7-16-24)21(26)23-12-8-9-20-10-13-22-14-11-20/h10-11,13-14H,2-9,12,15-19H2,1H3,(H,23,26). The molecule has 1 aliphatic heterocycles. The molecule has 0 saturated carbocycles. The van der Waals surface area contributed by atoms with Gasteiger partial charge >= 0.3 is 6.03 Å². The van der Waals surface area contributed by atoms with Crippen LogP contribution in [0.2, 0.25) is 0 Å². The summed E-state index contributed by atoms with van der Waals surface area (Å²) in [6.45, 7) is 8.05. The van der Waals surface area contributed by atoms with Crippen molar-refractivity contribution in [1.29, 1.82) is 0 Å². The lowest BCUT2D eigenvalue weighted by Gasteiger charge is -2.30. The van der Waals surface area contributed by atoms with Gasteiger partial charge in [0.15, 0.2) is 0 Å². The first-order valence-electron chi connectivity index (χ1n) is 10.4. The molecule has 0 radical (unpaired) electrons. The molecular weight excluding hydrogens is 324 g/mol. The van der Waals surface area contributed by atoms with Gasteiger partial charge in [-0.1, -0.05) is 26.2 Å². The molecule has 146 valence electrons. The van der Waals surface area contributed by atoms with E-state index in [1.807, 2.05) is 29.4 Å². The van der Waals surface area contributed by atoms with Gasteiger partial charge in [-0.2, -0.15) is 0 Å². The molecule has 0 bridgehead atoms. The molecule has 2 rings (SSSR count). The highest BCUT2D eigenvalue weighted by molar-refractivity contribution is 5.74. The fraction of sp³-hybridized carbons (Fsp3) is 0.714. The van der Waals surface area contributed by atoms with Crippen LogP contribution in [0.25, 0.3) is 0 Å². The molecule has 26 heavy (non-hydrogen) atoms. The summed E-state index contributed by atoms with van der Waals surface area (Å²) < 4.78 is 0. The number of carbonyl (C=O) groups excluding carboxylic acids is 1. The highest BCUT2D eigenvalue weighted by Gasteiger charge is 2.15. The molecule has 1 fully saturated rings. The van der Waals surface area contributed by atoms with E-state index in [1.165, 1.54) is 50.8 Å². The number of rotatable bonds is 11. The highest BCUT2D eigenvalue weighted by Crippen LogP contribution is 2.09. The summed E-state index contributed by atoms with van der Waals surface area (Å²) in [5, 5.41) is 3.12. The summed E-state index contributed by atoms with van der Waals surface area (Å²) in [4.78, 5) is 21.2. The number of aryl methyl sites for hydroxylation is 1. The van der Waals surface area contributed by atoms with Crippen molar-refractivity contribution in [2.24, 2.45) is 0 Å². The minimum atomic E-state index is 0.104. The molecule has 1 aromatic rings. The maximum absolute atomic E-state index is 12.6. The fourth-order valence-electron chi connectivity index (χ4n) is 3.46. The predicted octanol–water partition coefficient (Wildman–Crippen LogP) is 3.70. The van der Waals surface area contributed by atoms with Crippen LogP contribution in [0, 0.1) is 0 Å². The Balaban J connectivity index is 1.70. The van der Waals surface area contributed by atoms with Crippen molar-refractivity contribution in [3.8, 4) is 0 Å². The van der Waals surface area contributed by atoms with Crippen LogP contribution in [0.3, 0.4) is 0 Å². The second kappa shape index (κ2) is 12.7. The van der Waals surface area contributed by atoms with Gasteiger partial charge in [0.1, 0.15) is 0 Å². The number of hydrogen-bond donors (Lipinski definition) is 1. The van der Waals surface area contributed by atoms with E-state index in [4.69, 9.17) is 0 Å². The molecule has 5 nitrogen and oxygen atoms in total. The summed E-state index contributed by atoms with van der Waals surface area (Å²) in [6.07, 6.45) is 13.0. The van der Waals surface area contributed by atoms with Crippen LogP contribution >= 0.6 is 0 Å². The Bertz CT molecular complexity index is 488. The van der Waals surface area contributed by atoms with Gasteiger partial charge in [-0.25, -0.2) is 4.79 Å². The van der Waals surface area contributed by atoms with Gasteiger partial charge in [0.05, 0.1) is 0 Å². The SMILES string of the molecule is CCCCCN(CCN1CCCCC1)C(=O)NCCCc1ccncc1. The summed E-state index contributed by atoms with van der Waals surface area (Å²) in [7, 11) is 0. The average Bonchev–Trinajstić information content (AvgIpc) is 2.69. The number of likely N-dealkylation sites (tertiary alicyclic amines) is 1. The summed E-state index contributed by atoms with van der Waals surface area (Å²) in [5.41, 5.74) is 1.28. The second-order valence-electron chi connectivity index (χ2n) is 7.29. The molecule has 0 atom stereocenters. The third-order valence-electron chi connectivity index (χ3n) is 5.12. The number of carbonyl (C=O) groups is 1. The van der Waals surface area contributed by atoms with Crippen molar-refractivity contribution in [1.82, 2.24) is 20.1 Å². The molecule has 1 aliphatic rings. The Labute approximate surface area is 159 Å². The average molecular weight is 361 g/mol. The molecule has 2 heterocycles. The molecule has 0 aromatic carbocycles. The lowest BCUT2D eigenvalue weighted by Crippen LogP contribution is -2.45. The topological polar surface area (TPSA) is 48.5 Å². The number of nitrogens with zero attached hydrogens (tertiary/aromatic N) is 3. The molecule has 1 N–H and O–H groups in total. The molecule has 1 saturated heterocycles. The van der Waals surface area contributed by atoms with Crippen LogP contribution in [0.4, 0.5) is 4.79 Å². The lowest BCUT2D eigenvalue weighted by molar-refractivity contribution is 0.171. The van der Waals surface area contributed by atoms with Gasteiger partial charge in [-0.15, -0.1) is 0 Å². The zero-order valence-electron chi connectivity index (χ0n) is 16.5. The normalized spacial score (nSPS) is 15.0. The third kappa shape index (κ3) is 8.17. The number of amides is 2. The number of urea groups is 1. The Morgan fingerprint density at radius 2 is 1.88 bits per heavy atom. The van der Waals surface area contributed by atoms with E-state index < -0.39 is 0 Å². The van der Waals surface area contributed by atoms with Crippen molar-refractivity contribution in [2.45, 2.75) is 58.3 Å². The van der Waals surface area contributed by atoms with Gasteiger partial charge in [-0.05, 0) is 62.9 Å². The number of aromatic nitrogens is 1. The monoisotopic (exact) mass is 360 g/mol. The van der Waals surface area contributed by atoms with Crippen molar-refractivity contribution >= 4 is 6.03 Å². The number of nitrogens with one attached hydrogen (secondary N) is 1. The molecule has 0 unspecified atom stereocenters. The van der Waals surface area contributed by atoms with E-state index >= 15 is 0 Å². The molecular formula is C21H36N4O. The Hall–Kier alpha value is -1.62. The molecule has 5 heteroatoms. The van der Waals surface area contributed by atoms with Crippen LogP contribution in [0.5, 0.6) is 0 Å². The Kier molecular flexibility index (Phi) is 10.1. The van der Waals surface area contributed by atoms with Crippen LogP contribution in [0.1, 0.15) is 57.4 Å². The lowest BCUT2D eigenvalue weighted by atomic mass is 10.1. The fourth-order valence-corrected chi connectivity index (χ4v) is 3.46. The number of unbranched alkanes of at least 4 members (excludes halogenated alkanes) is 2. The first-order chi connectivity index (χ1) is 12.8. The summed E-state index contributed by atoms with van der Waals surface area (Å²) in [5.74, 6) is 0. The summed E-state index contributed by atoms with van der Waals surface area (Å²) >= 11 is 0. The Morgan fingerprint density at radius 3 is 2.62 bits per heavy atom. The van der Waals surface area contributed by atoms with Gasteiger partial charge in [0, 0.05) is 38.6 Å². The van der Waals surface area contributed by atoms with Crippen LogP contribution in [0.15, 0.2) is 24.5 Å². The quantitative estimate of drug-likeness (QED) is 0.612. The third-order valence-corrected chi connectivity index (χ3v) is 5.12. The zero-order valence-corrected chi connectivity index (χ0v) is 16.5. The van der Waals surface area contributed by atoms with E-state index in [-0.39, 0.29) is 6.03 Å². The van der Waals surface area contributed by atoms with Gasteiger partial charge in [0.25, 0.3) is 0 Å². The molecule has 0 aliphatic carbocycles. The van der Waals surface area contributed by atoms with Crippen molar-refractivity contribution in [3.05, 3.63) is 30.1 Å². The smallest absolute Gasteiger partial charge is 0.317 e. The van der Waals surface area contributed by atoms with Gasteiger partial charge in [-0.3, -0.25) is 4.98 Å².